The zero-order chi connectivity index (χ0) is 12.4. The Morgan fingerprint density at radius 1 is 1.47 bits per heavy atom. The lowest BCUT2D eigenvalue weighted by atomic mass is 10.2. The van der Waals surface area contributed by atoms with Crippen LogP contribution in [-0.4, -0.2) is 47.8 Å². The first-order valence-corrected chi connectivity index (χ1v) is 5.97. The second-order valence-corrected chi connectivity index (χ2v) is 4.54. The number of hydrogen-bond donors (Lipinski definition) is 0. The van der Waals surface area contributed by atoms with Crippen LogP contribution in [0.15, 0.2) is 0 Å². The highest BCUT2D eigenvalue weighted by Crippen LogP contribution is 2.16. The van der Waals surface area contributed by atoms with E-state index in [2.05, 4.69) is 23.8 Å². The van der Waals surface area contributed by atoms with Crippen molar-refractivity contribution >= 4 is 0 Å². The number of hydrogen-bond acceptors (Lipinski definition) is 4. The summed E-state index contributed by atoms with van der Waals surface area (Å²) in [4.78, 5) is 2.36. The molecule has 1 unspecified atom stereocenters. The number of ether oxygens (including phenoxy) is 2. The lowest BCUT2D eigenvalue weighted by molar-refractivity contribution is -0.166. The molecule has 17 heavy (non-hydrogen) atoms. The Kier molecular flexibility index (Phi) is 3.81. The monoisotopic (exact) mass is 239 g/mol. The average Bonchev–Trinajstić information content (AvgIpc) is 2.56. The molecule has 1 saturated heterocycles. The highest BCUT2D eigenvalue weighted by molar-refractivity contribution is 5.24. The predicted molar refractivity (Wildman–Crippen MR) is 64.7 cm³/mol. The van der Waals surface area contributed by atoms with Crippen molar-refractivity contribution in [3.63, 3.8) is 0 Å². The normalized spacial score (nSPS) is 22.0. The molecule has 2 heterocycles. The second kappa shape index (κ2) is 5.16. The van der Waals surface area contributed by atoms with E-state index in [0.29, 0.717) is 0 Å². The Morgan fingerprint density at radius 3 is 2.82 bits per heavy atom. The van der Waals surface area contributed by atoms with Crippen molar-refractivity contribution < 1.29 is 9.47 Å². The van der Waals surface area contributed by atoms with Crippen molar-refractivity contribution in [3.8, 4) is 0 Å². The number of methoxy groups -OCH3 is 1. The molecule has 1 aromatic heterocycles. The quantitative estimate of drug-likeness (QED) is 0.783. The van der Waals surface area contributed by atoms with Gasteiger partial charge in [-0.1, -0.05) is 0 Å². The summed E-state index contributed by atoms with van der Waals surface area (Å²) in [6.45, 7) is 7.61. The van der Waals surface area contributed by atoms with Gasteiger partial charge in [0, 0.05) is 45.0 Å². The standard InChI is InChI=1S/C12H21N3O2/c1-9-11(10(2)14(3)13-9)7-15-5-6-17-12(8-15)16-4/h12H,5-8H2,1-4H3. The van der Waals surface area contributed by atoms with Gasteiger partial charge in [-0.3, -0.25) is 9.58 Å². The summed E-state index contributed by atoms with van der Waals surface area (Å²) < 4.78 is 12.7. The Balaban J connectivity index is 2.05. The molecular weight excluding hydrogens is 218 g/mol. The molecule has 1 aliphatic rings. The van der Waals surface area contributed by atoms with Crippen LogP contribution in [0.4, 0.5) is 0 Å². The van der Waals surface area contributed by atoms with E-state index < -0.39 is 0 Å². The summed E-state index contributed by atoms with van der Waals surface area (Å²) in [5.74, 6) is 0. The van der Waals surface area contributed by atoms with Gasteiger partial charge in [-0.25, -0.2) is 0 Å². The van der Waals surface area contributed by atoms with E-state index in [1.54, 1.807) is 7.11 Å². The van der Waals surface area contributed by atoms with E-state index in [0.717, 1.165) is 31.9 Å². The smallest absolute Gasteiger partial charge is 0.169 e. The molecule has 2 rings (SSSR count). The lowest BCUT2D eigenvalue weighted by Gasteiger charge is -2.31. The van der Waals surface area contributed by atoms with Crippen molar-refractivity contribution in [2.75, 3.05) is 26.8 Å². The first-order valence-electron chi connectivity index (χ1n) is 5.97. The Bertz CT molecular complexity index is 389. The molecule has 0 N–H and O–H groups in total. The van der Waals surface area contributed by atoms with E-state index >= 15 is 0 Å². The fourth-order valence-corrected chi connectivity index (χ4v) is 2.22. The average molecular weight is 239 g/mol. The summed E-state index contributed by atoms with van der Waals surface area (Å²) in [5.41, 5.74) is 3.68. The van der Waals surface area contributed by atoms with Gasteiger partial charge in [0.15, 0.2) is 6.29 Å². The minimum atomic E-state index is -0.0963. The van der Waals surface area contributed by atoms with Crippen LogP contribution < -0.4 is 0 Å². The summed E-state index contributed by atoms with van der Waals surface area (Å²) in [7, 11) is 3.68. The molecule has 0 aromatic carbocycles. The third-order valence-corrected chi connectivity index (χ3v) is 3.42. The van der Waals surface area contributed by atoms with Crippen LogP contribution in [-0.2, 0) is 23.1 Å². The molecule has 0 saturated carbocycles. The molecule has 1 aromatic rings. The van der Waals surface area contributed by atoms with Crippen LogP contribution in [0.3, 0.4) is 0 Å². The largest absolute Gasteiger partial charge is 0.355 e. The van der Waals surface area contributed by atoms with Gasteiger partial charge < -0.3 is 9.47 Å². The molecule has 0 amide bonds. The Hall–Kier alpha value is -0.910. The van der Waals surface area contributed by atoms with Gasteiger partial charge in [0.05, 0.1) is 12.3 Å². The first kappa shape index (κ1) is 12.5. The van der Waals surface area contributed by atoms with Gasteiger partial charge >= 0.3 is 0 Å². The van der Waals surface area contributed by atoms with Crippen molar-refractivity contribution in [1.82, 2.24) is 14.7 Å². The molecule has 1 fully saturated rings. The third-order valence-electron chi connectivity index (χ3n) is 3.42. The Morgan fingerprint density at radius 2 is 2.24 bits per heavy atom. The summed E-state index contributed by atoms with van der Waals surface area (Å²) in [6, 6.07) is 0. The maximum absolute atomic E-state index is 5.48. The van der Waals surface area contributed by atoms with Crippen molar-refractivity contribution in [1.29, 1.82) is 0 Å². The van der Waals surface area contributed by atoms with Crippen LogP contribution in [0.25, 0.3) is 0 Å². The molecule has 5 nitrogen and oxygen atoms in total. The van der Waals surface area contributed by atoms with E-state index in [1.165, 1.54) is 11.3 Å². The van der Waals surface area contributed by atoms with E-state index in [9.17, 15) is 0 Å². The fraction of sp³-hybridized carbons (Fsp3) is 0.750. The third kappa shape index (κ3) is 2.68. The van der Waals surface area contributed by atoms with Gasteiger partial charge in [0.2, 0.25) is 0 Å². The molecule has 0 spiro atoms. The molecule has 0 aliphatic carbocycles. The van der Waals surface area contributed by atoms with Crippen LogP contribution in [0.1, 0.15) is 17.0 Å². The number of aromatic nitrogens is 2. The highest BCUT2D eigenvalue weighted by atomic mass is 16.7. The molecule has 1 atom stereocenters. The van der Waals surface area contributed by atoms with E-state index in [1.807, 2.05) is 11.7 Å². The molecular formula is C12H21N3O2. The zero-order valence-electron chi connectivity index (χ0n) is 11.1. The molecule has 1 aliphatic heterocycles. The van der Waals surface area contributed by atoms with Crippen LogP contribution in [0.2, 0.25) is 0 Å². The van der Waals surface area contributed by atoms with Gasteiger partial charge in [0.1, 0.15) is 0 Å². The summed E-state index contributed by atoms with van der Waals surface area (Å²) in [5, 5.41) is 4.44. The van der Waals surface area contributed by atoms with Gasteiger partial charge in [-0.2, -0.15) is 5.10 Å². The first-order chi connectivity index (χ1) is 8.11. The number of morpholine rings is 1. The van der Waals surface area contributed by atoms with Gasteiger partial charge in [0.25, 0.3) is 0 Å². The van der Waals surface area contributed by atoms with Crippen LogP contribution in [0.5, 0.6) is 0 Å². The minimum absolute atomic E-state index is 0.0963. The minimum Gasteiger partial charge on any atom is -0.355 e. The number of aryl methyl sites for hydroxylation is 2. The number of rotatable bonds is 3. The molecule has 96 valence electrons. The van der Waals surface area contributed by atoms with E-state index in [4.69, 9.17) is 9.47 Å². The second-order valence-electron chi connectivity index (χ2n) is 4.54. The summed E-state index contributed by atoms with van der Waals surface area (Å²) >= 11 is 0. The van der Waals surface area contributed by atoms with Gasteiger partial charge in [-0.05, 0) is 13.8 Å². The Labute approximate surface area is 102 Å². The highest BCUT2D eigenvalue weighted by Gasteiger charge is 2.21. The number of nitrogens with zero attached hydrogens (tertiary/aromatic N) is 3. The molecule has 0 bridgehead atoms. The molecule has 0 radical (unpaired) electrons. The van der Waals surface area contributed by atoms with Crippen LogP contribution in [0, 0.1) is 13.8 Å². The zero-order valence-corrected chi connectivity index (χ0v) is 11.1. The molecule has 5 heteroatoms. The summed E-state index contributed by atoms with van der Waals surface area (Å²) in [6.07, 6.45) is -0.0963. The van der Waals surface area contributed by atoms with Crippen molar-refractivity contribution in [3.05, 3.63) is 17.0 Å². The van der Waals surface area contributed by atoms with Crippen LogP contribution >= 0.6 is 0 Å². The lowest BCUT2D eigenvalue weighted by Crippen LogP contribution is -2.42. The van der Waals surface area contributed by atoms with Crippen molar-refractivity contribution in [2.45, 2.75) is 26.7 Å². The fourth-order valence-electron chi connectivity index (χ4n) is 2.22. The topological polar surface area (TPSA) is 39.5 Å². The van der Waals surface area contributed by atoms with E-state index in [-0.39, 0.29) is 6.29 Å². The van der Waals surface area contributed by atoms with Crippen molar-refractivity contribution in [2.24, 2.45) is 7.05 Å². The maximum atomic E-state index is 5.48. The van der Waals surface area contributed by atoms with Gasteiger partial charge in [-0.15, -0.1) is 0 Å². The maximum Gasteiger partial charge on any atom is 0.169 e. The SMILES string of the molecule is COC1CN(Cc2c(C)nn(C)c2C)CCO1. The predicted octanol–water partition coefficient (Wildman–Crippen LogP) is 0.842.